The lowest BCUT2D eigenvalue weighted by Crippen LogP contribution is -2.51. The zero-order chi connectivity index (χ0) is 16.2. The number of likely N-dealkylation sites (N-methyl/N-ethyl adjacent to an activating group) is 1. The van der Waals surface area contributed by atoms with Crippen LogP contribution in [-0.2, 0) is 21.4 Å². The van der Waals surface area contributed by atoms with Gasteiger partial charge in [0.15, 0.2) is 0 Å². The van der Waals surface area contributed by atoms with Crippen LogP contribution in [0.5, 0.6) is 0 Å². The van der Waals surface area contributed by atoms with Crippen molar-refractivity contribution in [2.45, 2.75) is 6.54 Å². The fraction of sp³-hybridized carbons (Fsp3) is 0.692. The van der Waals surface area contributed by atoms with Crippen LogP contribution in [0.2, 0.25) is 0 Å². The minimum Gasteiger partial charge on any atom is -0.339 e. The van der Waals surface area contributed by atoms with Crippen LogP contribution < -0.4 is 0 Å². The van der Waals surface area contributed by atoms with Crippen LogP contribution in [0.3, 0.4) is 0 Å². The van der Waals surface area contributed by atoms with E-state index < -0.39 is 10.0 Å². The van der Waals surface area contributed by atoms with Crippen LogP contribution in [0.1, 0.15) is 0 Å². The highest BCUT2D eigenvalue weighted by atomic mass is 32.2. The van der Waals surface area contributed by atoms with Crippen molar-refractivity contribution < 1.29 is 13.2 Å². The first-order valence-electron chi connectivity index (χ1n) is 7.25. The standard InChI is InChI=1S/C13H23N5O3S/c1-15(22(2,20)21)12-13(19)17-9-6-16(7-10-17)8-11-18-5-3-4-14-18/h3-5H,6-12H2,1-2H3. The first kappa shape index (κ1) is 16.9. The van der Waals surface area contributed by atoms with Gasteiger partial charge in [-0.1, -0.05) is 0 Å². The molecule has 0 aliphatic carbocycles. The monoisotopic (exact) mass is 329 g/mol. The molecule has 0 N–H and O–H groups in total. The van der Waals surface area contributed by atoms with Crippen molar-refractivity contribution in [3.8, 4) is 0 Å². The van der Waals surface area contributed by atoms with Gasteiger partial charge >= 0.3 is 0 Å². The van der Waals surface area contributed by atoms with Crippen molar-refractivity contribution in [3.05, 3.63) is 18.5 Å². The van der Waals surface area contributed by atoms with Gasteiger partial charge in [-0.15, -0.1) is 0 Å². The van der Waals surface area contributed by atoms with Crippen LogP contribution >= 0.6 is 0 Å². The number of aromatic nitrogens is 2. The fourth-order valence-electron chi connectivity index (χ4n) is 2.31. The Morgan fingerprint density at radius 3 is 2.45 bits per heavy atom. The lowest BCUT2D eigenvalue weighted by atomic mass is 10.3. The summed E-state index contributed by atoms with van der Waals surface area (Å²) >= 11 is 0. The molecule has 124 valence electrons. The lowest BCUT2D eigenvalue weighted by Gasteiger charge is -2.35. The molecular formula is C13H23N5O3S. The number of nitrogens with zero attached hydrogens (tertiary/aromatic N) is 5. The van der Waals surface area contributed by atoms with Crippen molar-refractivity contribution in [2.24, 2.45) is 0 Å². The Bertz CT molecular complexity index is 579. The van der Waals surface area contributed by atoms with Gasteiger partial charge in [-0.25, -0.2) is 8.42 Å². The Labute approximate surface area is 131 Å². The normalized spacial score (nSPS) is 17.1. The topological polar surface area (TPSA) is 78.8 Å². The van der Waals surface area contributed by atoms with E-state index in [0.29, 0.717) is 13.1 Å². The van der Waals surface area contributed by atoms with Gasteiger partial charge in [0.25, 0.3) is 0 Å². The zero-order valence-corrected chi connectivity index (χ0v) is 13.9. The minimum absolute atomic E-state index is 0.0912. The Balaban J connectivity index is 1.73. The molecule has 9 heteroatoms. The highest BCUT2D eigenvalue weighted by molar-refractivity contribution is 7.88. The molecule has 22 heavy (non-hydrogen) atoms. The van der Waals surface area contributed by atoms with E-state index in [0.717, 1.165) is 36.7 Å². The second-order valence-electron chi connectivity index (χ2n) is 5.51. The van der Waals surface area contributed by atoms with Gasteiger partial charge < -0.3 is 4.90 Å². The second kappa shape index (κ2) is 7.21. The minimum atomic E-state index is -3.32. The largest absolute Gasteiger partial charge is 0.339 e. The van der Waals surface area contributed by atoms with E-state index in [4.69, 9.17) is 0 Å². The molecule has 1 fully saturated rings. The quantitative estimate of drug-likeness (QED) is 0.663. The Hall–Kier alpha value is -1.45. The van der Waals surface area contributed by atoms with Crippen molar-refractivity contribution in [3.63, 3.8) is 0 Å². The summed E-state index contributed by atoms with van der Waals surface area (Å²) in [6, 6.07) is 1.90. The van der Waals surface area contributed by atoms with Crippen LogP contribution in [-0.4, -0.2) is 90.8 Å². The maximum atomic E-state index is 12.1. The van der Waals surface area contributed by atoms with Crippen LogP contribution in [0.25, 0.3) is 0 Å². The third-order valence-electron chi connectivity index (χ3n) is 3.85. The fourth-order valence-corrected chi connectivity index (χ4v) is 2.65. The third kappa shape index (κ3) is 4.79. The molecule has 1 saturated heterocycles. The number of sulfonamides is 1. The van der Waals surface area contributed by atoms with Crippen molar-refractivity contribution in [2.75, 3.05) is 52.6 Å². The third-order valence-corrected chi connectivity index (χ3v) is 5.12. The summed E-state index contributed by atoms with van der Waals surface area (Å²) in [7, 11) is -1.89. The number of rotatable bonds is 6. The molecule has 0 atom stereocenters. The molecule has 0 spiro atoms. The van der Waals surface area contributed by atoms with Gasteiger partial charge in [-0.2, -0.15) is 9.40 Å². The van der Waals surface area contributed by atoms with E-state index in [2.05, 4.69) is 10.00 Å². The highest BCUT2D eigenvalue weighted by Gasteiger charge is 2.23. The SMILES string of the molecule is CN(CC(=O)N1CCN(CCn2cccn2)CC1)S(C)(=O)=O. The molecule has 1 aromatic rings. The summed E-state index contributed by atoms with van der Waals surface area (Å²) < 4.78 is 25.6. The Morgan fingerprint density at radius 1 is 1.23 bits per heavy atom. The number of hydrogen-bond donors (Lipinski definition) is 0. The summed E-state index contributed by atoms with van der Waals surface area (Å²) in [5.41, 5.74) is 0. The van der Waals surface area contributed by atoms with Crippen molar-refractivity contribution in [1.82, 2.24) is 23.9 Å². The van der Waals surface area contributed by atoms with E-state index in [1.165, 1.54) is 7.05 Å². The first-order valence-corrected chi connectivity index (χ1v) is 9.10. The van der Waals surface area contributed by atoms with Gasteiger partial charge in [0.05, 0.1) is 19.3 Å². The van der Waals surface area contributed by atoms with Crippen molar-refractivity contribution in [1.29, 1.82) is 0 Å². The molecule has 0 aromatic carbocycles. The van der Waals surface area contributed by atoms with Gasteiger partial charge in [0.1, 0.15) is 0 Å². The van der Waals surface area contributed by atoms with E-state index in [-0.39, 0.29) is 12.5 Å². The maximum Gasteiger partial charge on any atom is 0.237 e. The number of carbonyl (C=O) groups is 1. The Morgan fingerprint density at radius 2 is 1.91 bits per heavy atom. The molecular weight excluding hydrogens is 306 g/mol. The number of amides is 1. The number of carbonyl (C=O) groups excluding carboxylic acids is 1. The van der Waals surface area contributed by atoms with E-state index in [1.54, 1.807) is 11.1 Å². The predicted molar refractivity (Wildman–Crippen MR) is 82.7 cm³/mol. The van der Waals surface area contributed by atoms with E-state index in [9.17, 15) is 13.2 Å². The predicted octanol–water partition coefficient (Wildman–Crippen LogP) is -1.08. The molecule has 0 radical (unpaired) electrons. The van der Waals surface area contributed by atoms with Gasteiger partial charge in [-0.05, 0) is 6.07 Å². The van der Waals surface area contributed by atoms with Crippen LogP contribution in [0.15, 0.2) is 18.5 Å². The van der Waals surface area contributed by atoms with Crippen molar-refractivity contribution >= 4 is 15.9 Å². The zero-order valence-electron chi connectivity index (χ0n) is 13.1. The molecule has 8 nitrogen and oxygen atoms in total. The molecule has 1 aliphatic heterocycles. The molecule has 1 amide bonds. The molecule has 1 aromatic heterocycles. The van der Waals surface area contributed by atoms with Gasteiger partial charge in [-0.3, -0.25) is 14.4 Å². The molecule has 2 heterocycles. The summed E-state index contributed by atoms with van der Waals surface area (Å²) in [5.74, 6) is -0.139. The Kier molecular flexibility index (Phi) is 5.54. The smallest absolute Gasteiger partial charge is 0.237 e. The van der Waals surface area contributed by atoms with Crippen LogP contribution in [0.4, 0.5) is 0 Å². The van der Waals surface area contributed by atoms with E-state index in [1.807, 2.05) is 16.9 Å². The van der Waals surface area contributed by atoms with Crippen LogP contribution in [0, 0.1) is 0 Å². The second-order valence-corrected chi connectivity index (χ2v) is 7.60. The number of piperazine rings is 1. The lowest BCUT2D eigenvalue weighted by molar-refractivity contribution is -0.132. The number of hydrogen-bond acceptors (Lipinski definition) is 5. The summed E-state index contributed by atoms with van der Waals surface area (Å²) in [6.07, 6.45) is 4.79. The van der Waals surface area contributed by atoms with Gasteiger partial charge in [0, 0.05) is 52.2 Å². The van der Waals surface area contributed by atoms with Gasteiger partial charge in [0.2, 0.25) is 15.9 Å². The first-order chi connectivity index (χ1) is 10.4. The average molecular weight is 329 g/mol. The molecule has 2 rings (SSSR count). The van der Waals surface area contributed by atoms with E-state index >= 15 is 0 Å². The maximum absolute atomic E-state index is 12.1. The molecule has 0 unspecified atom stereocenters. The molecule has 0 bridgehead atoms. The summed E-state index contributed by atoms with van der Waals surface area (Å²) in [4.78, 5) is 16.1. The summed E-state index contributed by atoms with van der Waals surface area (Å²) in [6.45, 7) is 4.51. The molecule has 0 saturated carbocycles. The average Bonchev–Trinajstić information content (AvgIpc) is 2.98. The molecule has 1 aliphatic rings. The highest BCUT2D eigenvalue weighted by Crippen LogP contribution is 2.04. The summed E-state index contributed by atoms with van der Waals surface area (Å²) in [5, 5.41) is 4.16.